The molecule has 0 aliphatic carbocycles. The molecule has 112 valence electrons. The molecule has 1 heterocycles. The Morgan fingerprint density at radius 2 is 2.25 bits per heavy atom. The zero-order valence-corrected chi connectivity index (χ0v) is 12.1. The minimum Gasteiger partial charge on any atom is -0.383 e. The first-order valence-corrected chi connectivity index (χ1v) is 7.25. The third kappa shape index (κ3) is 4.44. The van der Waals surface area contributed by atoms with Crippen LogP contribution in [0.1, 0.15) is 12.0 Å². The average Bonchev–Trinajstić information content (AvgIpc) is 2.74. The summed E-state index contributed by atoms with van der Waals surface area (Å²) in [5, 5.41) is 6.63. The molecule has 1 aliphatic heterocycles. The summed E-state index contributed by atoms with van der Waals surface area (Å²) in [4.78, 5) is 2.13. The summed E-state index contributed by atoms with van der Waals surface area (Å²) in [6, 6.07) is 5.37. The van der Waals surface area contributed by atoms with Crippen molar-refractivity contribution in [3.8, 4) is 0 Å². The van der Waals surface area contributed by atoms with Gasteiger partial charge in [-0.15, -0.1) is 0 Å². The molecule has 1 saturated heterocycles. The van der Waals surface area contributed by atoms with E-state index in [0.29, 0.717) is 6.61 Å². The second-order valence-corrected chi connectivity index (χ2v) is 5.05. The fraction of sp³-hybridized carbons (Fsp3) is 0.600. The Bertz CT molecular complexity index is 406. The number of methoxy groups -OCH3 is 1. The second-order valence-electron chi connectivity index (χ2n) is 5.05. The fourth-order valence-electron chi connectivity index (χ4n) is 2.40. The van der Waals surface area contributed by atoms with Crippen LogP contribution in [0.5, 0.6) is 0 Å². The van der Waals surface area contributed by atoms with E-state index in [4.69, 9.17) is 4.74 Å². The van der Waals surface area contributed by atoms with Crippen molar-refractivity contribution < 1.29 is 9.13 Å². The highest BCUT2D eigenvalue weighted by Crippen LogP contribution is 2.21. The van der Waals surface area contributed by atoms with Crippen molar-refractivity contribution in [2.75, 3.05) is 51.3 Å². The van der Waals surface area contributed by atoms with E-state index in [1.54, 1.807) is 13.2 Å². The first kappa shape index (κ1) is 15.2. The second kappa shape index (κ2) is 8.19. The Kier molecular flexibility index (Phi) is 6.24. The number of anilines is 1. The van der Waals surface area contributed by atoms with Crippen LogP contribution in [0.2, 0.25) is 0 Å². The SMILES string of the molecule is COCCNCc1ccc(F)c(N2CCCNCC2)c1. The van der Waals surface area contributed by atoms with Gasteiger partial charge in [0.1, 0.15) is 5.82 Å². The van der Waals surface area contributed by atoms with Gasteiger partial charge in [-0.1, -0.05) is 6.07 Å². The van der Waals surface area contributed by atoms with Crippen LogP contribution >= 0.6 is 0 Å². The molecule has 0 aromatic heterocycles. The Morgan fingerprint density at radius 3 is 3.10 bits per heavy atom. The van der Waals surface area contributed by atoms with Crippen LogP contribution in [-0.2, 0) is 11.3 Å². The fourth-order valence-corrected chi connectivity index (χ4v) is 2.40. The van der Waals surface area contributed by atoms with Gasteiger partial charge in [0.2, 0.25) is 0 Å². The highest BCUT2D eigenvalue weighted by Gasteiger charge is 2.14. The molecule has 1 aromatic carbocycles. The number of benzene rings is 1. The Hall–Kier alpha value is -1.17. The smallest absolute Gasteiger partial charge is 0.146 e. The summed E-state index contributed by atoms with van der Waals surface area (Å²) < 4.78 is 19.0. The van der Waals surface area contributed by atoms with Gasteiger partial charge in [-0.3, -0.25) is 0 Å². The van der Waals surface area contributed by atoms with E-state index >= 15 is 0 Å². The van der Waals surface area contributed by atoms with Crippen molar-refractivity contribution in [1.82, 2.24) is 10.6 Å². The summed E-state index contributed by atoms with van der Waals surface area (Å²) in [5.74, 6) is -0.132. The maximum atomic E-state index is 14.0. The minimum atomic E-state index is -0.132. The van der Waals surface area contributed by atoms with Crippen molar-refractivity contribution in [2.45, 2.75) is 13.0 Å². The van der Waals surface area contributed by atoms with Crippen LogP contribution in [0.15, 0.2) is 18.2 Å². The van der Waals surface area contributed by atoms with Gasteiger partial charge in [0.25, 0.3) is 0 Å². The number of nitrogens with zero attached hydrogens (tertiary/aromatic N) is 1. The third-order valence-electron chi connectivity index (χ3n) is 3.50. The lowest BCUT2D eigenvalue weighted by molar-refractivity contribution is 0.199. The van der Waals surface area contributed by atoms with Gasteiger partial charge in [0.15, 0.2) is 0 Å². The molecule has 0 spiro atoms. The molecular weight excluding hydrogens is 257 g/mol. The molecule has 0 saturated carbocycles. The molecule has 2 N–H and O–H groups in total. The normalized spacial score (nSPS) is 16.2. The van der Waals surface area contributed by atoms with E-state index in [0.717, 1.165) is 56.9 Å². The van der Waals surface area contributed by atoms with E-state index in [1.807, 2.05) is 12.1 Å². The van der Waals surface area contributed by atoms with Crippen molar-refractivity contribution >= 4 is 5.69 Å². The minimum absolute atomic E-state index is 0.132. The number of halogens is 1. The largest absolute Gasteiger partial charge is 0.383 e. The molecule has 20 heavy (non-hydrogen) atoms. The number of nitrogens with one attached hydrogen (secondary N) is 2. The van der Waals surface area contributed by atoms with E-state index in [1.165, 1.54) is 0 Å². The van der Waals surface area contributed by atoms with Crippen LogP contribution in [0.4, 0.5) is 10.1 Å². The van der Waals surface area contributed by atoms with Gasteiger partial charge in [0.05, 0.1) is 12.3 Å². The zero-order valence-electron chi connectivity index (χ0n) is 12.1. The van der Waals surface area contributed by atoms with Crippen molar-refractivity contribution in [3.63, 3.8) is 0 Å². The highest BCUT2D eigenvalue weighted by atomic mass is 19.1. The molecule has 4 nitrogen and oxygen atoms in total. The molecule has 0 unspecified atom stereocenters. The zero-order chi connectivity index (χ0) is 14.2. The van der Waals surface area contributed by atoms with Crippen LogP contribution in [0.3, 0.4) is 0 Å². The number of rotatable bonds is 6. The van der Waals surface area contributed by atoms with Crippen molar-refractivity contribution in [1.29, 1.82) is 0 Å². The van der Waals surface area contributed by atoms with Gasteiger partial charge in [0, 0.05) is 39.8 Å². The molecular formula is C15H24FN3O. The van der Waals surface area contributed by atoms with Gasteiger partial charge in [-0.25, -0.2) is 4.39 Å². The molecule has 2 rings (SSSR count). The number of ether oxygens (including phenoxy) is 1. The van der Waals surface area contributed by atoms with E-state index < -0.39 is 0 Å². The summed E-state index contributed by atoms with van der Waals surface area (Å²) in [6.45, 7) is 5.92. The monoisotopic (exact) mass is 281 g/mol. The molecule has 5 heteroatoms. The maximum Gasteiger partial charge on any atom is 0.146 e. The lowest BCUT2D eigenvalue weighted by atomic mass is 10.1. The van der Waals surface area contributed by atoms with E-state index in [2.05, 4.69) is 15.5 Å². The van der Waals surface area contributed by atoms with Gasteiger partial charge in [-0.05, 0) is 30.7 Å². The van der Waals surface area contributed by atoms with Gasteiger partial charge < -0.3 is 20.3 Å². The average molecular weight is 281 g/mol. The number of hydrogen-bond acceptors (Lipinski definition) is 4. The van der Waals surface area contributed by atoms with Crippen LogP contribution in [0.25, 0.3) is 0 Å². The third-order valence-corrected chi connectivity index (χ3v) is 3.50. The summed E-state index contributed by atoms with van der Waals surface area (Å²) in [5.41, 5.74) is 1.83. The van der Waals surface area contributed by atoms with E-state index in [-0.39, 0.29) is 5.82 Å². The topological polar surface area (TPSA) is 36.5 Å². The molecule has 0 atom stereocenters. The Balaban J connectivity index is 1.99. The molecule has 0 radical (unpaired) electrons. The lowest BCUT2D eigenvalue weighted by Crippen LogP contribution is -2.28. The summed E-state index contributed by atoms with van der Waals surface area (Å²) in [7, 11) is 1.69. The predicted molar refractivity (Wildman–Crippen MR) is 79.7 cm³/mol. The van der Waals surface area contributed by atoms with Crippen LogP contribution in [-0.4, -0.2) is 46.4 Å². The molecule has 1 fully saturated rings. The van der Waals surface area contributed by atoms with Crippen LogP contribution < -0.4 is 15.5 Å². The molecule has 0 bridgehead atoms. The highest BCUT2D eigenvalue weighted by molar-refractivity contribution is 5.50. The van der Waals surface area contributed by atoms with Crippen molar-refractivity contribution in [2.24, 2.45) is 0 Å². The molecule has 0 amide bonds. The van der Waals surface area contributed by atoms with Gasteiger partial charge >= 0.3 is 0 Å². The Morgan fingerprint density at radius 1 is 1.35 bits per heavy atom. The Labute approximate surface area is 120 Å². The first-order valence-electron chi connectivity index (χ1n) is 7.25. The first-order chi connectivity index (χ1) is 9.81. The summed E-state index contributed by atoms with van der Waals surface area (Å²) >= 11 is 0. The van der Waals surface area contributed by atoms with Crippen LogP contribution in [0, 0.1) is 5.82 Å². The van der Waals surface area contributed by atoms with Gasteiger partial charge in [-0.2, -0.15) is 0 Å². The van der Waals surface area contributed by atoms with E-state index in [9.17, 15) is 4.39 Å². The number of hydrogen-bond donors (Lipinski definition) is 2. The maximum absolute atomic E-state index is 14.0. The summed E-state index contributed by atoms with van der Waals surface area (Å²) in [6.07, 6.45) is 1.05. The predicted octanol–water partition coefficient (Wildman–Crippen LogP) is 1.36. The lowest BCUT2D eigenvalue weighted by Gasteiger charge is -2.23. The molecule has 1 aromatic rings. The van der Waals surface area contributed by atoms with Crippen molar-refractivity contribution in [3.05, 3.63) is 29.6 Å². The molecule has 1 aliphatic rings. The quantitative estimate of drug-likeness (QED) is 0.772. The standard InChI is InChI=1S/C15H24FN3O/c1-20-10-7-18-12-13-3-4-14(16)15(11-13)19-8-2-5-17-6-9-19/h3-4,11,17-18H,2,5-10,12H2,1H3.